The molecule has 0 N–H and O–H groups in total. The molecular formula is C21H22N4O2S. The highest BCUT2D eigenvalue weighted by Gasteiger charge is 2.31. The summed E-state index contributed by atoms with van der Waals surface area (Å²) in [5, 5.41) is 3.27. The molecule has 7 heteroatoms. The highest BCUT2D eigenvalue weighted by Crippen LogP contribution is 2.38. The zero-order valence-electron chi connectivity index (χ0n) is 15.6. The summed E-state index contributed by atoms with van der Waals surface area (Å²) in [6.07, 6.45) is 3.24. The number of benzene rings is 1. The minimum Gasteiger partial charge on any atom is -0.368 e. The van der Waals surface area contributed by atoms with Gasteiger partial charge in [0.2, 0.25) is 0 Å². The fraction of sp³-hybridized carbons (Fsp3) is 0.381. The number of fused-ring (bicyclic) bond motifs is 1. The molecule has 1 unspecified atom stereocenters. The van der Waals surface area contributed by atoms with Crippen molar-refractivity contribution >= 4 is 33.3 Å². The molecule has 1 aromatic carbocycles. The molecule has 6 nitrogen and oxygen atoms in total. The van der Waals surface area contributed by atoms with Crippen LogP contribution in [0.5, 0.6) is 0 Å². The average molecular weight is 395 g/mol. The monoisotopic (exact) mass is 394 g/mol. The predicted octanol–water partition coefficient (Wildman–Crippen LogP) is 3.19. The molecule has 2 aliphatic rings. The number of carbonyl (C=O) groups excluding carboxylic acids is 1. The molecule has 5 rings (SSSR count). The molecule has 1 atom stereocenters. The SMILES string of the molecule is O=C(C1CCCO1)N1CCN(c2ncnc3scc(-c4ccccc4)c23)CC1. The summed E-state index contributed by atoms with van der Waals surface area (Å²) < 4.78 is 5.57. The third-order valence-corrected chi connectivity index (χ3v) is 6.42. The number of hydrogen-bond acceptors (Lipinski definition) is 6. The Morgan fingerprint density at radius 3 is 2.68 bits per heavy atom. The van der Waals surface area contributed by atoms with Gasteiger partial charge in [0.15, 0.2) is 0 Å². The molecule has 0 spiro atoms. The van der Waals surface area contributed by atoms with Crippen LogP contribution in [0.2, 0.25) is 0 Å². The Hall–Kier alpha value is -2.51. The van der Waals surface area contributed by atoms with Gasteiger partial charge in [0.05, 0.1) is 5.39 Å². The van der Waals surface area contributed by atoms with E-state index >= 15 is 0 Å². The van der Waals surface area contributed by atoms with Crippen LogP contribution in [-0.4, -0.2) is 59.7 Å². The van der Waals surface area contributed by atoms with Crippen molar-refractivity contribution in [2.24, 2.45) is 0 Å². The summed E-state index contributed by atoms with van der Waals surface area (Å²) in [5.74, 6) is 1.11. The number of amides is 1. The third kappa shape index (κ3) is 3.14. The molecule has 2 aromatic heterocycles. The molecule has 0 saturated carbocycles. The lowest BCUT2D eigenvalue weighted by atomic mass is 10.1. The summed E-state index contributed by atoms with van der Waals surface area (Å²) in [6, 6.07) is 10.4. The zero-order chi connectivity index (χ0) is 18.9. The van der Waals surface area contributed by atoms with Crippen molar-refractivity contribution < 1.29 is 9.53 Å². The Bertz CT molecular complexity index is 976. The normalized spacial score (nSPS) is 20.1. The maximum atomic E-state index is 12.6. The van der Waals surface area contributed by atoms with Gasteiger partial charge in [-0.2, -0.15) is 0 Å². The van der Waals surface area contributed by atoms with Gasteiger partial charge >= 0.3 is 0 Å². The van der Waals surface area contributed by atoms with Gasteiger partial charge in [0, 0.05) is 43.7 Å². The molecule has 3 aromatic rings. The van der Waals surface area contributed by atoms with Gasteiger partial charge in [-0.3, -0.25) is 4.79 Å². The second-order valence-electron chi connectivity index (χ2n) is 7.21. The number of ether oxygens (including phenoxy) is 1. The van der Waals surface area contributed by atoms with Gasteiger partial charge in [0.25, 0.3) is 5.91 Å². The Balaban J connectivity index is 1.40. The molecular weight excluding hydrogens is 372 g/mol. The molecule has 28 heavy (non-hydrogen) atoms. The van der Waals surface area contributed by atoms with Gasteiger partial charge in [-0.1, -0.05) is 30.3 Å². The summed E-state index contributed by atoms with van der Waals surface area (Å²) >= 11 is 1.65. The van der Waals surface area contributed by atoms with Gasteiger partial charge in [-0.25, -0.2) is 9.97 Å². The highest BCUT2D eigenvalue weighted by atomic mass is 32.1. The van der Waals surface area contributed by atoms with Crippen molar-refractivity contribution in [3.63, 3.8) is 0 Å². The number of nitrogens with zero attached hydrogens (tertiary/aromatic N) is 4. The second-order valence-corrected chi connectivity index (χ2v) is 8.06. The first-order valence-electron chi connectivity index (χ1n) is 9.74. The van der Waals surface area contributed by atoms with Crippen molar-refractivity contribution in [1.29, 1.82) is 0 Å². The van der Waals surface area contributed by atoms with Crippen LogP contribution in [-0.2, 0) is 9.53 Å². The van der Waals surface area contributed by atoms with E-state index in [1.54, 1.807) is 17.7 Å². The number of anilines is 1. The lowest BCUT2D eigenvalue weighted by Gasteiger charge is -2.36. The van der Waals surface area contributed by atoms with Crippen LogP contribution in [0.25, 0.3) is 21.3 Å². The average Bonchev–Trinajstić information content (AvgIpc) is 3.44. The van der Waals surface area contributed by atoms with Crippen LogP contribution in [0.1, 0.15) is 12.8 Å². The molecule has 144 valence electrons. The van der Waals surface area contributed by atoms with Crippen LogP contribution in [0.15, 0.2) is 42.0 Å². The van der Waals surface area contributed by atoms with Gasteiger partial charge < -0.3 is 14.5 Å². The van der Waals surface area contributed by atoms with E-state index in [1.165, 1.54) is 11.1 Å². The predicted molar refractivity (Wildman–Crippen MR) is 111 cm³/mol. The number of piperazine rings is 1. The van der Waals surface area contributed by atoms with E-state index in [0.29, 0.717) is 19.7 Å². The largest absolute Gasteiger partial charge is 0.368 e. The van der Waals surface area contributed by atoms with Crippen molar-refractivity contribution in [1.82, 2.24) is 14.9 Å². The van der Waals surface area contributed by atoms with E-state index < -0.39 is 0 Å². The summed E-state index contributed by atoms with van der Waals surface area (Å²) in [5.41, 5.74) is 2.35. The topological polar surface area (TPSA) is 58.6 Å². The number of aromatic nitrogens is 2. The molecule has 1 amide bonds. The van der Waals surface area contributed by atoms with Crippen molar-refractivity contribution in [2.75, 3.05) is 37.7 Å². The summed E-state index contributed by atoms with van der Waals surface area (Å²) in [4.78, 5) is 26.9. The quantitative estimate of drug-likeness (QED) is 0.683. The Labute approximate surface area is 167 Å². The number of carbonyl (C=O) groups is 1. The van der Waals surface area contributed by atoms with E-state index in [2.05, 4.69) is 44.5 Å². The van der Waals surface area contributed by atoms with Crippen LogP contribution >= 0.6 is 11.3 Å². The first kappa shape index (κ1) is 17.6. The minimum atomic E-state index is -0.237. The smallest absolute Gasteiger partial charge is 0.251 e. The first-order valence-corrected chi connectivity index (χ1v) is 10.6. The molecule has 2 saturated heterocycles. The van der Waals surface area contributed by atoms with Crippen LogP contribution in [0.4, 0.5) is 5.82 Å². The molecule has 0 bridgehead atoms. The van der Waals surface area contributed by atoms with E-state index in [4.69, 9.17) is 4.74 Å². The number of thiophene rings is 1. The molecule has 2 fully saturated rings. The van der Waals surface area contributed by atoms with Crippen LogP contribution in [0, 0.1) is 0 Å². The van der Waals surface area contributed by atoms with E-state index in [9.17, 15) is 4.79 Å². The Morgan fingerprint density at radius 2 is 1.93 bits per heavy atom. The lowest BCUT2D eigenvalue weighted by Crippen LogP contribution is -2.51. The molecule has 2 aliphatic heterocycles. The minimum absolute atomic E-state index is 0.144. The van der Waals surface area contributed by atoms with Crippen molar-refractivity contribution in [3.05, 3.63) is 42.0 Å². The van der Waals surface area contributed by atoms with Crippen molar-refractivity contribution in [3.8, 4) is 11.1 Å². The number of rotatable bonds is 3. The van der Waals surface area contributed by atoms with Gasteiger partial charge in [-0.15, -0.1) is 11.3 Å². The fourth-order valence-corrected chi connectivity index (χ4v) is 4.95. The Kier molecular flexibility index (Phi) is 4.70. The van der Waals surface area contributed by atoms with E-state index in [1.807, 2.05) is 11.0 Å². The standard InChI is InChI=1S/C21H22N4O2S/c26-21(17-7-4-12-27-17)25-10-8-24(9-11-25)19-18-16(15-5-2-1-3-6-15)13-28-20(18)23-14-22-19/h1-3,5-6,13-14,17H,4,7-12H2. The maximum Gasteiger partial charge on any atom is 0.251 e. The molecule has 4 heterocycles. The highest BCUT2D eigenvalue weighted by molar-refractivity contribution is 7.17. The van der Waals surface area contributed by atoms with Crippen LogP contribution < -0.4 is 4.90 Å². The zero-order valence-corrected chi connectivity index (χ0v) is 16.4. The van der Waals surface area contributed by atoms with Crippen LogP contribution in [0.3, 0.4) is 0 Å². The summed E-state index contributed by atoms with van der Waals surface area (Å²) in [7, 11) is 0. The third-order valence-electron chi connectivity index (χ3n) is 5.53. The van der Waals surface area contributed by atoms with Gasteiger partial charge in [-0.05, 0) is 18.4 Å². The van der Waals surface area contributed by atoms with Gasteiger partial charge in [0.1, 0.15) is 23.1 Å². The van der Waals surface area contributed by atoms with Crippen molar-refractivity contribution in [2.45, 2.75) is 18.9 Å². The summed E-state index contributed by atoms with van der Waals surface area (Å²) in [6.45, 7) is 3.66. The second kappa shape index (κ2) is 7.48. The molecule has 0 aliphatic carbocycles. The lowest BCUT2D eigenvalue weighted by molar-refractivity contribution is -0.141. The number of hydrogen-bond donors (Lipinski definition) is 0. The maximum absolute atomic E-state index is 12.6. The van der Waals surface area contributed by atoms with E-state index in [0.717, 1.165) is 42.0 Å². The Morgan fingerprint density at radius 1 is 1.11 bits per heavy atom. The fourth-order valence-electron chi connectivity index (χ4n) is 4.04. The van der Waals surface area contributed by atoms with E-state index in [-0.39, 0.29) is 12.0 Å². The molecule has 0 radical (unpaired) electrons. The first-order chi connectivity index (χ1) is 13.8.